The Bertz CT molecular complexity index is 522. The Balaban J connectivity index is 3.17. The number of carbonyl (C=O) groups is 3. The molecule has 26 heavy (non-hydrogen) atoms. The predicted molar refractivity (Wildman–Crippen MR) is 101 cm³/mol. The van der Waals surface area contributed by atoms with Crippen molar-refractivity contribution in [3.8, 4) is 0 Å². The van der Waals surface area contributed by atoms with E-state index in [9.17, 15) is 24.6 Å². The van der Waals surface area contributed by atoms with E-state index in [0.717, 1.165) is 0 Å². The van der Waals surface area contributed by atoms with Crippen molar-refractivity contribution in [2.24, 2.45) is 29.6 Å². The van der Waals surface area contributed by atoms with E-state index < -0.39 is 40.9 Å². The first-order valence-electron chi connectivity index (χ1n) is 9.94. The third-order valence-electron chi connectivity index (χ3n) is 5.31. The van der Waals surface area contributed by atoms with Crippen molar-refractivity contribution in [1.29, 1.82) is 0 Å². The second-order valence-electron chi connectivity index (χ2n) is 9.10. The third-order valence-corrected chi connectivity index (χ3v) is 5.31. The summed E-state index contributed by atoms with van der Waals surface area (Å²) in [5.74, 6) is -3.54. The van der Waals surface area contributed by atoms with Gasteiger partial charge in [-0.05, 0) is 37.0 Å². The zero-order valence-corrected chi connectivity index (χ0v) is 17.1. The zero-order chi connectivity index (χ0) is 20.2. The molecule has 0 amide bonds. The molecular weight excluding hydrogens is 332 g/mol. The summed E-state index contributed by atoms with van der Waals surface area (Å²) in [4.78, 5) is 38.3. The molecule has 5 nitrogen and oxygen atoms in total. The molecule has 0 spiro atoms. The van der Waals surface area contributed by atoms with Crippen molar-refractivity contribution >= 4 is 17.3 Å². The molecular formula is C21H36O5. The average Bonchev–Trinajstić information content (AvgIpc) is 2.69. The molecule has 0 aromatic carbocycles. The van der Waals surface area contributed by atoms with Crippen LogP contribution in [0.3, 0.4) is 0 Å². The van der Waals surface area contributed by atoms with E-state index in [1.165, 1.54) is 0 Å². The van der Waals surface area contributed by atoms with Crippen LogP contribution >= 0.6 is 0 Å². The van der Waals surface area contributed by atoms with E-state index in [0.29, 0.717) is 31.1 Å². The number of Topliss-reactive ketones (excluding diaryl/α,β-unsaturated/α-hetero) is 3. The number of hydrogen-bond donors (Lipinski definition) is 2. The second kappa shape index (κ2) is 9.23. The fourth-order valence-corrected chi connectivity index (χ4v) is 3.75. The highest BCUT2D eigenvalue weighted by molar-refractivity contribution is 6.27. The summed E-state index contributed by atoms with van der Waals surface area (Å²) in [7, 11) is 0. The summed E-state index contributed by atoms with van der Waals surface area (Å²) >= 11 is 0. The van der Waals surface area contributed by atoms with Gasteiger partial charge in [-0.1, -0.05) is 48.0 Å². The number of aliphatic hydroxyl groups is 2. The Morgan fingerprint density at radius 3 is 1.96 bits per heavy atom. The van der Waals surface area contributed by atoms with Gasteiger partial charge < -0.3 is 10.2 Å². The molecule has 1 aliphatic carbocycles. The first-order chi connectivity index (χ1) is 11.9. The van der Waals surface area contributed by atoms with E-state index in [1.54, 1.807) is 0 Å². The quantitative estimate of drug-likeness (QED) is 0.579. The maximum atomic E-state index is 13.0. The number of aliphatic hydroxyl groups excluding tert-OH is 1. The summed E-state index contributed by atoms with van der Waals surface area (Å²) in [5.41, 5.74) is -2.14. The van der Waals surface area contributed by atoms with Crippen LogP contribution in [-0.4, -0.2) is 39.3 Å². The molecule has 4 atom stereocenters. The summed E-state index contributed by atoms with van der Waals surface area (Å²) in [5, 5.41) is 21.8. The van der Waals surface area contributed by atoms with Gasteiger partial charge in [-0.25, -0.2) is 0 Å². The highest BCUT2D eigenvalue weighted by Crippen LogP contribution is 2.42. The fraction of sp³-hybridized carbons (Fsp3) is 0.857. The minimum Gasteiger partial charge on any atom is -0.390 e. The Kier molecular flexibility index (Phi) is 8.15. The minimum atomic E-state index is -2.14. The Labute approximate surface area is 157 Å². The van der Waals surface area contributed by atoms with Crippen LogP contribution in [0.2, 0.25) is 0 Å². The molecule has 0 aromatic heterocycles. The van der Waals surface area contributed by atoms with Crippen LogP contribution in [-0.2, 0) is 14.4 Å². The van der Waals surface area contributed by atoms with Crippen LogP contribution in [0.1, 0.15) is 73.6 Å². The first-order valence-corrected chi connectivity index (χ1v) is 9.94. The molecule has 0 bridgehead atoms. The SMILES string of the molecule is CC(C)CC[C@@H]1C(=O)C(C(=O)CC(C)C)C(=O)[C@@]1(O)[C@@H](O)CCC(C)C. The predicted octanol–water partition coefficient (Wildman–Crippen LogP) is 2.95. The molecule has 0 heterocycles. The smallest absolute Gasteiger partial charge is 0.185 e. The standard InChI is InChI=1S/C21H36O5/c1-12(2)7-9-15-19(24)18(16(22)11-14(5)6)20(25)21(15,26)17(23)10-8-13(3)4/h12-15,17-18,23,26H,7-11H2,1-6H3/t15-,17+,18?,21+/m1/s1. The lowest BCUT2D eigenvalue weighted by atomic mass is 9.78. The second-order valence-corrected chi connectivity index (χ2v) is 9.10. The van der Waals surface area contributed by atoms with E-state index >= 15 is 0 Å². The summed E-state index contributed by atoms with van der Waals surface area (Å²) in [6.45, 7) is 11.7. The lowest BCUT2D eigenvalue weighted by molar-refractivity contribution is -0.157. The lowest BCUT2D eigenvalue weighted by Crippen LogP contribution is -2.52. The van der Waals surface area contributed by atoms with Crippen molar-refractivity contribution < 1.29 is 24.6 Å². The molecule has 1 fully saturated rings. The van der Waals surface area contributed by atoms with Crippen molar-refractivity contribution in [1.82, 2.24) is 0 Å². The van der Waals surface area contributed by atoms with Gasteiger partial charge in [0, 0.05) is 6.42 Å². The van der Waals surface area contributed by atoms with E-state index in [-0.39, 0.29) is 18.8 Å². The van der Waals surface area contributed by atoms with Gasteiger partial charge in [0.15, 0.2) is 23.0 Å². The fourth-order valence-electron chi connectivity index (χ4n) is 3.75. The molecule has 150 valence electrons. The van der Waals surface area contributed by atoms with Crippen LogP contribution in [0.5, 0.6) is 0 Å². The highest BCUT2D eigenvalue weighted by atomic mass is 16.4. The molecule has 1 aliphatic rings. The summed E-state index contributed by atoms with van der Waals surface area (Å²) in [6, 6.07) is 0. The van der Waals surface area contributed by atoms with Crippen LogP contribution in [0, 0.1) is 29.6 Å². The van der Waals surface area contributed by atoms with E-state index in [1.807, 2.05) is 41.5 Å². The van der Waals surface area contributed by atoms with Crippen LogP contribution in [0.15, 0.2) is 0 Å². The van der Waals surface area contributed by atoms with Gasteiger partial charge in [-0.3, -0.25) is 14.4 Å². The molecule has 5 heteroatoms. The average molecular weight is 369 g/mol. The maximum absolute atomic E-state index is 13.0. The molecule has 1 saturated carbocycles. The van der Waals surface area contributed by atoms with Gasteiger partial charge in [0.1, 0.15) is 5.92 Å². The highest BCUT2D eigenvalue weighted by Gasteiger charge is 2.63. The molecule has 2 N–H and O–H groups in total. The molecule has 0 aliphatic heterocycles. The van der Waals surface area contributed by atoms with Crippen molar-refractivity contribution in [3.63, 3.8) is 0 Å². The number of hydrogen-bond acceptors (Lipinski definition) is 5. The Morgan fingerprint density at radius 2 is 1.50 bits per heavy atom. The molecule has 0 radical (unpaired) electrons. The number of carbonyl (C=O) groups excluding carboxylic acids is 3. The van der Waals surface area contributed by atoms with Crippen LogP contribution < -0.4 is 0 Å². The van der Waals surface area contributed by atoms with Crippen LogP contribution in [0.25, 0.3) is 0 Å². The summed E-state index contributed by atoms with van der Waals surface area (Å²) in [6.07, 6.45) is 0.618. The van der Waals surface area contributed by atoms with Crippen LogP contribution in [0.4, 0.5) is 0 Å². The maximum Gasteiger partial charge on any atom is 0.185 e. The Morgan fingerprint density at radius 1 is 0.962 bits per heavy atom. The molecule has 0 saturated heterocycles. The van der Waals surface area contributed by atoms with Gasteiger partial charge in [0.2, 0.25) is 0 Å². The van der Waals surface area contributed by atoms with Gasteiger partial charge in [0.05, 0.1) is 12.0 Å². The monoisotopic (exact) mass is 368 g/mol. The summed E-state index contributed by atoms with van der Waals surface area (Å²) < 4.78 is 0. The Hall–Kier alpha value is -1.07. The zero-order valence-electron chi connectivity index (χ0n) is 17.1. The van der Waals surface area contributed by atoms with Crippen molar-refractivity contribution in [2.45, 2.75) is 85.4 Å². The van der Waals surface area contributed by atoms with Gasteiger partial charge in [-0.15, -0.1) is 0 Å². The first kappa shape index (κ1) is 23.0. The molecule has 0 aromatic rings. The van der Waals surface area contributed by atoms with Gasteiger partial charge in [-0.2, -0.15) is 0 Å². The topological polar surface area (TPSA) is 91.7 Å². The largest absolute Gasteiger partial charge is 0.390 e. The van der Waals surface area contributed by atoms with Crippen molar-refractivity contribution in [3.05, 3.63) is 0 Å². The normalized spacial score (nSPS) is 27.8. The van der Waals surface area contributed by atoms with Gasteiger partial charge in [0.25, 0.3) is 0 Å². The van der Waals surface area contributed by atoms with Crippen molar-refractivity contribution in [2.75, 3.05) is 0 Å². The minimum absolute atomic E-state index is 0.0248. The number of ketones is 3. The molecule has 1 rings (SSSR count). The van der Waals surface area contributed by atoms with E-state index in [2.05, 4.69) is 0 Å². The van der Waals surface area contributed by atoms with E-state index in [4.69, 9.17) is 0 Å². The number of rotatable bonds is 10. The molecule has 1 unspecified atom stereocenters. The lowest BCUT2D eigenvalue weighted by Gasteiger charge is -2.33. The third kappa shape index (κ3) is 5.01. The van der Waals surface area contributed by atoms with Gasteiger partial charge >= 0.3 is 0 Å².